The molecule has 1 heterocycles. The summed E-state index contributed by atoms with van der Waals surface area (Å²) in [6.07, 6.45) is 1.66. The number of thiazole rings is 1. The van der Waals surface area contributed by atoms with E-state index < -0.39 is 18.1 Å². The number of hydrogen-bond donors (Lipinski definition) is 2. The summed E-state index contributed by atoms with van der Waals surface area (Å²) in [4.78, 5) is 25.8. The molecule has 2 N–H and O–H groups in total. The van der Waals surface area contributed by atoms with E-state index in [0.29, 0.717) is 0 Å². The molecular formula is C10H14N2O4S. The Labute approximate surface area is 103 Å². The fourth-order valence-electron chi connectivity index (χ4n) is 1.20. The number of hydrogen-bond acceptors (Lipinski definition) is 5. The van der Waals surface area contributed by atoms with E-state index in [1.807, 2.05) is 19.2 Å². The van der Waals surface area contributed by atoms with Gasteiger partial charge in [0.1, 0.15) is 18.2 Å². The lowest BCUT2D eigenvalue weighted by Crippen LogP contribution is -2.42. The first kappa shape index (κ1) is 13.6. The van der Waals surface area contributed by atoms with E-state index in [1.165, 1.54) is 11.3 Å². The van der Waals surface area contributed by atoms with Crippen molar-refractivity contribution >= 4 is 23.2 Å². The molecule has 0 aliphatic heterocycles. The van der Waals surface area contributed by atoms with Crippen molar-refractivity contribution in [2.24, 2.45) is 0 Å². The molecule has 0 aliphatic rings. The van der Waals surface area contributed by atoms with Crippen LogP contribution in [0, 0.1) is 0 Å². The molecule has 17 heavy (non-hydrogen) atoms. The molecule has 1 rings (SSSR count). The fourth-order valence-corrected chi connectivity index (χ4v) is 1.92. The highest BCUT2D eigenvalue weighted by Gasteiger charge is 2.25. The molecule has 0 unspecified atom stereocenters. The van der Waals surface area contributed by atoms with Crippen LogP contribution in [0.2, 0.25) is 0 Å². The summed E-state index contributed by atoms with van der Waals surface area (Å²) in [6.45, 7) is 2.88. The Bertz CT molecular complexity index is 389. The SMILES string of the molecule is CC(C)(NC(=O)COCC(=O)O)c1nccs1. The first-order chi connectivity index (χ1) is 7.92. The van der Waals surface area contributed by atoms with Gasteiger partial charge in [0.2, 0.25) is 5.91 Å². The van der Waals surface area contributed by atoms with Crippen LogP contribution in [-0.2, 0) is 19.9 Å². The van der Waals surface area contributed by atoms with Gasteiger partial charge in [0.25, 0.3) is 0 Å². The quantitative estimate of drug-likeness (QED) is 0.780. The van der Waals surface area contributed by atoms with E-state index in [4.69, 9.17) is 9.84 Å². The predicted octanol–water partition coefficient (Wildman–Crippen LogP) is 0.596. The fraction of sp³-hybridized carbons (Fsp3) is 0.500. The van der Waals surface area contributed by atoms with E-state index in [0.717, 1.165) is 5.01 Å². The number of carbonyl (C=O) groups excluding carboxylic acids is 1. The third-order valence-corrected chi connectivity index (χ3v) is 2.97. The van der Waals surface area contributed by atoms with Crippen LogP contribution in [0.5, 0.6) is 0 Å². The maximum absolute atomic E-state index is 11.5. The minimum absolute atomic E-state index is 0.277. The van der Waals surface area contributed by atoms with Crippen LogP contribution in [0.25, 0.3) is 0 Å². The van der Waals surface area contributed by atoms with E-state index in [1.54, 1.807) is 6.20 Å². The molecule has 1 aromatic rings. The minimum atomic E-state index is -1.10. The molecule has 0 radical (unpaired) electrons. The number of aliphatic carboxylic acids is 1. The molecule has 94 valence electrons. The standard InChI is InChI=1S/C10H14N2O4S/c1-10(2,9-11-3-4-17-9)12-7(13)5-16-6-8(14)15/h3-4H,5-6H2,1-2H3,(H,12,13)(H,14,15). The molecule has 1 amide bonds. The number of rotatable bonds is 6. The van der Waals surface area contributed by atoms with Crippen molar-refractivity contribution < 1.29 is 19.4 Å². The summed E-state index contributed by atoms with van der Waals surface area (Å²) in [5, 5.41) is 13.7. The molecule has 0 saturated carbocycles. The second kappa shape index (κ2) is 5.74. The van der Waals surface area contributed by atoms with Crippen molar-refractivity contribution in [2.45, 2.75) is 19.4 Å². The van der Waals surface area contributed by atoms with Gasteiger partial charge in [-0.1, -0.05) is 0 Å². The third kappa shape index (κ3) is 4.49. The second-order valence-electron chi connectivity index (χ2n) is 3.90. The van der Waals surface area contributed by atoms with Crippen LogP contribution in [-0.4, -0.2) is 35.2 Å². The topological polar surface area (TPSA) is 88.5 Å². The second-order valence-corrected chi connectivity index (χ2v) is 4.79. The summed E-state index contributed by atoms with van der Waals surface area (Å²) in [5.41, 5.74) is -0.585. The van der Waals surface area contributed by atoms with Crippen LogP contribution >= 0.6 is 11.3 Å². The summed E-state index contributed by atoms with van der Waals surface area (Å²) >= 11 is 1.44. The molecule has 7 heteroatoms. The van der Waals surface area contributed by atoms with Gasteiger partial charge in [0, 0.05) is 11.6 Å². The molecule has 0 aliphatic carbocycles. The Kier molecular flexibility index (Phi) is 4.59. The first-order valence-corrected chi connectivity index (χ1v) is 5.80. The van der Waals surface area contributed by atoms with Gasteiger partial charge in [-0.05, 0) is 13.8 Å². The largest absolute Gasteiger partial charge is 0.480 e. The lowest BCUT2D eigenvalue weighted by molar-refractivity contribution is -0.143. The van der Waals surface area contributed by atoms with E-state index >= 15 is 0 Å². The van der Waals surface area contributed by atoms with Gasteiger partial charge in [-0.2, -0.15) is 0 Å². The van der Waals surface area contributed by atoms with Crippen molar-refractivity contribution in [3.05, 3.63) is 16.6 Å². The van der Waals surface area contributed by atoms with Gasteiger partial charge in [-0.3, -0.25) is 4.79 Å². The molecule has 0 spiro atoms. The van der Waals surface area contributed by atoms with Gasteiger partial charge < -0.3 is 15.2 Å². The number of aromatic nitrogens is 1. The lowest BCUT2D eigenvalue weighted by atomic mass is 10.1. The van der Waals surface area contributed by atoms with E-state index in [2.05, 4.69) is 10.3 Å². The molecular weight excluding hydrogens is 244 g/mol. The smallest absolute Gasteiger partial charge is 0.329 e. The molecule has 1 aromatic heterocycles. The zero-order valence-corrected chi connectivity index (χ0v) is 10.4. The minimum Gasteiger partial charge on any atom is -0.480 e. The summed E-state index contributed by atoms with van der Waals surface area (Å²) < 4.78 is 4.69. The highest BCUT2D eigenvalue weighted by molar-refractivity contribution is 7.09. The summed E-state index contributed by atoms with van der Waals surface area (Å²) in [6, 6.07) is 0. The maximum Gasteiger partial charge on any atom is 0.329 e. The number of carboxylic acid groups (broad SMARTS) is 1. The van der Waals surface area contributed by atoms with Crippen LogP contribution in [0.1, 0.15) is 18.9 Å². The molecule has 0 bridgehead atoms. The maximum atomic E-state index is 11.5. The Morgan fingerprint density at radius 1 is 1.53 bits per heavy atom. The van der Waals surface area contributed by atoms with Crippen LogP contribution < -0.4 is 5.32 Å². The van der Waals surface area contributed by atoms with Crippen LogP contribution in [0.4, 0.5) is 0 Å². The third-order valence-electron chi connectivity index (χ3n) is 1.88. The Hall–Kier alpha value is -1.47. The monoisotopic (exact) mass is 258 g/mol. The molecule has 0 atom stereocenters. The Balaban J connectivity index is 2.42. The van der Waals surface area contributed by atoms with Crippen molar-refractivity contribution in [1.82, 2.24) is 10.3 Å². The van der Waals surface area contributed by atoms with Crippen LogP contribution in [0.3, 0.4) is 0 Å². The Morgan fingerprint density at radius 2 is 2.24 bits per heavy atom. The highest BCUT2D eigenvalue weighted by atomic mass is 32.1. The predicted molar refractivity (Wildman–Crippen MR) is 61.7 cm³/mol. The summed E-state index contributed by atoms with van der Waals surface area (Å²) in [7, 11) is 0. The number of carbonyl (C=O) groups is 2. The summed E-state index contributed by atoms with van der Waals surface area (Å²) in [5.74, 6) is -1.47. The normalized spacial score (nSPS) is 11.2. The molecule has 0 fully saturated rings. The van der Waals surface area contributed by atoms with Crippen molar-refractivity contribution in [1.29, 1.82) is 0 Å². The number of carboxylic acids is 1. The van der Waals surface area contributed by atoms with Crippen molar-refractivity contribution in [2.75, 3.05) is 13.2 Å². The van der Waals surface area contributed by atoms with Gasteiger partial charge in [-0.15, -0.1) is 11.3 Å². The average Bonchev–Trinajstić information content (AvgIpc) is 2.68. The van der Waals surface area contributed by atoms with E-state index in [-0.39, 0.29) is 12.5 Å². The first-order valence-electron chi connectivity index (χ1n) is 4.92. The van der Waals surface area contributed by atoms with Crippen molar-refractivity contribution in [3.63, 3.8) is 0 Å². The number of nitrogens with zero attached hydrogens (tertiary/aromatic N) is 1. The van der Waals surface area contributed by atoms with Gasteiger partial charge in [0.15, 0.2) is 0 Å². The molecule has 6 nitrogen and oxygen atoms in total. The molecule has 0 saturated heterocycles. The van der Waals surface area contributed by atoms with Crippen LogP contribution in [0.15, 0.2) is 11.6 Å². The lowest BCUT2D eigenvalue weighted by Gasteiger charge is -2.23. The van der Waals surface area contributed by atoms with E-state index in [9.17, 15) is 9.59 Å². The number of amides is 1. The number of ether oxygens (including phenoxy) is 1. The molecule has 0 aromatic carbocycles. The average molecular weight is 258 g/mol. The van der Waals surface area contributed by atoms with Gasteiger partial charge >= 0.3 is 5.97 Å². The van der Waals surface area contributed by atoms with Gasteiger partial charge in [-0.25, -0.2) is 9.78 Å². The Morgan fingerprint density at radius 3 is 2.76 bits per heavy atom. The van der Waals surface area contributed by atoms with Crippen molar-refractivity contribution in [3.8, 4) is 0 Å². The highest BCUT2D eigenvalue weighted by Crippen LogP contribution is 2.21. The zero-order valence-electron chi connectivity index (χ0n) is 9.60. The number of nitrogens with one attached hydrogen (secondary N) is 1. The zero-order chi connectivity index (χ0) is 12.9. The van der Waals surface area contributed by atoms with Gasteiger partial charge in [0.05, 0.1) is 5.54 Å².